The van der Waals surface area contributed by atoms with E-state index in [1.807, 2.05) is 56.1 Å². The predicted octanol–water partition coefficient (Wildman–Crippen LogP) is 2.28. The van der Waals surface area contributed by atoms with Gasteiger partial charge in [0.15, 0.2) is 0 Å². The number of carbonyl (C=O) groups is 1. The standard InChI is InChI=1S/C24H34N4O2/c1-19-10-13-28(20(2)18-25(3)4)24(30)22(19)23(29)27-16-14-26(15-17-27)12-11-21-8-6-5-7-9-21/h5-10,13,20H,11-12,14-18H2,1-4H3. The van der Waals surface area contributed by atoms with Crippen LogP contribution in [0.5, 0.6) is 0 Å². The van der Waals surface area contributed by atoms with E-state index >= 15 is 0 Å². The van der Waals surface area contributed by atoms with Crippen molar-refractivity contribution in [3.05, 3.63) is 69.6 Å². The summed E-state index contributed by atoms with van der Waals surface area (Å²) in [7, 11) is 3.97. The zero-order valence-corrected chi connectivity index (χ0v) is 18.7. The summed E-state index contributed by atoms with van der Waals surface area (Å²) < 4.78 is 1.69. The van der Waals surface area contributed by atoms with Gasteiger partial charge in [0, 0.05) is 51.5 Å². The maximum absolute atomic E-state index is 13.2. The molecule has 1 aliphatic rings. The van der Waals surface area contributed by atoms with Gasteiger partial charge in [0.05, 0.1) is 0 Å². The summed E-state index contributed by atoms with van der Waals surface area (Å²) in [6.07, 6.45) is 2.82. The highest BCUT2D eigenvalue weighted by Crippen LogP contribution is 2.13. The fraction of sp³-hybridized carbons (Fsp3) is 0.500. The normalized spacial score (nSPS) is 16.1. The monoisotopic (exact) mass is 410 g/mol. The molecule has 0 saturated carbocycles. The first-order valence-electron chi connectivity index (χ1n) is 10.8. The summed E-state index contributed by atoms with van der Waals surface area (Å²) in [5, 5.41) is 0. The third kappa shape index (κ3) is 5.37. The van der Waals surface area contributed by atoms with Crippen LogP contribution >= 0.6 is 0 Å². The number of nitrogens with zero attached hydrogens (tertiary/aromatic N) is 4. The molecule has 1 atom stereocenters. The molecule has 6 heteroatoms. The van der Waals surface area contributed by atoms with Crippen LogP contribution in [-0.4, -0.2) is 78.5 Å². The van der Waals surface area contributed by atoms with Crippen molar-refractivity contribution in [3.8, 4) is 0 Å². The molecule has 2 aromatic rings. The van der Waals surface area contributed by atoms with Crippen LogP contribution in [-0.2, 0) is 6.42 Å². The van der Waals surface area contributed by atoms with Crippen LogP contribution in [0.25, 0.3) is 0 Å². The minimum Gasteiger partial charge on any atom is -0.336 e. The van der Waals surface area contributed by atoms with Gasteiger partial charge in [-0.15, -0.1) is 0 Å². The molecule has 1 aromatic heterocycles. The van der Waals surface area contributed by atoms with Gasteiger partial charge in [-0.25, -0.2) is 0 Å². The van der Waals surface area contributed by atoms with Gasteiger partial charge in [-0.3, -0.25) is 14.5 Å². The number of piperazine rings is 1. The topological polar surface area (TPSA) is 48.8 Å². The molecular formula is C24H34N4O2. The van der Waals surface area contributed by atoms with E-state index in [0.29, 0.717) is 18.7 Å². The van der Waals surface area contributed by atoms with Crippen LogP contribution in [0, 0.1) is 6.92 Å². The molecule has 0 N–H and O–H groups in total. The lowest BCUT2D eigenvalue weighted by molar-refractivity contribution is 0.0635. The van der Waals surface area contributed by atoms with Crippen molar-refractivity contribution in [2.45, 2.75) is 26.3 Å². The summed E-state index contributed by atoms with van der Waals surface area (Å²) in [5.74, 6) is -0.133. The van der Waals surface area contributed by atoms with Crippen LogP contribution in [0.3, 0.4) is 0 Å². The molecule has 0 aliphatic carbocycles. The molecule has 30 heavy (non-hydrogen) atoms. The Labute approximate surface area is 179 Å². The number of likely N-dealkylation sites (N-methyl/N-ethyl adjacent to an activating group) is 1. The number of hydrogen-bond donors (Lipinski definition) is 0. The maximum atomic E-state index is 13.2. The zero-order chi connectivity index (χ0) is 21.7. The highest BCUT2D eigenvalue weighted by atomic mass is 16.2. The molecule has 3 rings (SSSR count). The van der Waals surface area contributed by atoms with Gasteiger partial charge >= 0.3 is 0 Å². The Morgan fingerprint density at radius 1 is 1.07 bits per heavy atom. The van der Waals surface area contributed by atoms with Crippen LogP contribution in [0.15, 0.2) is 47.4 Å². The molecule has 0 bridgehead atoms. The van der Waals surface area contributed by atoms with Gasteiger partial charge in [-0.05, 0) is 51.6 Å². The number of aryl methyl sites for hydroxylation is 1. The van der Waals surface area contributed by atoms with Crippen molar-refractivity contribution in [1.82, 2.24) is 19.3 Å². The van der Waals surface area contributed by atoms with Crippen LogP contribution in [0.2, 0.25) is 0 Å². The van der Waals surface area contributed by atoms with Crippen molar-refractivity contribution in [1.29, 1.82) is 0 Å². The molecule has 1 unspecified atom stereocenters. The first-order chi connectivity index (χ1) is 14.4. The molecule has 0 radical (unpaired) electrons. The summed E-state index contributed by atoms with van der Waals surface area (Å²) in [6, 6.07) is 12.4. The zero-order valence-electron chi connectivity index (χ0n) is 18.7. The first kappa shape index (κ1) is 22.2. The SMILES string of the molecule is Cc1ccn(C(C)CN(C)C)c(=O)c1C(=O)N1CCN(CCc2ccccc2)CC1. The van der Waals surface area contributed by atoms with Crippen LogP contribution < -0.4 is 5.56 Å². The number of pyridine rings is 1. The largest absolute Gasteiger partial charge is 0.336 e. The molecule has 1 saturated heterocycles. The average Bonchev–Trinajstić information content (AvgIpc) is 2.72. The summed E-state index contributed by atoms with van der Waals surface area (Å²) in [4.78, 5) is 32.6. The Bertz CT molecular complexity index is 899. The third-order valence-electron chi connectivity index (χ3n) is 5.86. The Hall–Kier alpha value is -2.44. The molecule has 1 fully saturated rings. The second-order valence-electron chi connectivity index (χ2n) is 8.57. The molecule has 6 nitrogen and oxygen atoms in total. The number of carbonyl (C=O) groups excluding carboxylic acids is 1. The molecule has 162 valence electrons. The van der Waals surface area contributed by atoms with E-state index in [9.17, 15) is 9.59 Å². The van der Waals surface area contributed by atoms with E-state index in [2.05, 4.69) is 29.2 Å². The van der Waals surface area contributed by atoms with Crippen molar-refractivity contribution in [2.75, 3.05) is 53.4 Å². The highest BCUT2D eigenvalue weighted by Gasteiger charge is 2.26. The van der Waals surface area contributed by atoms with E-state index < -0.39 is 0 Å². The molecule has 0 spiro atoms. The minimum atomic E-state index is -0.180. The fourth-order valence-corrected chi connectivity index (χ4v) is 4.13. The second kappa shape index (κ2) is 10.0. The van der Waals surface area contributed by atoms with Crippen molar-refractivity contribution >= 4 is 5.91 Å². The lowest BCUT2D eigenvalue weighted by Gasteiger charge is -2.35. The Morgan fingerprint density at radius 2 is 1.73 bits per heavy atom. The van der Waals surface area contributed by atoms with Gasteiger partial charge in [0.1, 0.15) is 5.56 Å². The number of hydrogen-bond acceptors (Lipinski definition) is 4. The van der Waals surface area contributed by atoms with Crippen molar-refractivity contribution in [3.63, 3.8) is 0 Å². The van der Waals surface area contributed by atoms with Gasteiger partial charge in [0.2, 0.25) is 0 Å². The van der Waals surface area contributed by atoms with E-state index in [4.69, 9.17) is 0 Å². The average molecular weight is 411 g/mol. The van der Waals surface area contributed by atoms with Gasteiger partial charge < -0.3 is 14.4 Å². The van der Waals surface area contributed by atoms with Gasteiger partial charge in [-0.2, -0.15) is 0 Å². The van der Waals surface area contributed by atoms with E-state index in [0.717, 1.165) is 38.2 Å². The van der Waals surface area contributed by atoms with E-state index in [1.54, 1.807) is 4.57 Å². The summed E-state index contributed by atoms with van der Waals surface area (Å²) in [5.41, 5.74) is 2.23. The predicted molar refractivity (Wildman–Crippen MR) is 121 cm³/mol. The quantitative estimate of drug-likeness (QED) is 0.703. The minimum absolute atomic E-state index is 0.00878. The van der Waals surface area contributed by atoms with Crippen LogP contribution in [0.4, 0.5) is 0 Å². The van der Waals surface area contributed by atoms with E-state index in [1.165, 1.54) is 5.56 Å². The molecule has 1 amide bonds. The Balaban J connectivity index is 1.64. The molecule has 1 aliphatic heterocycles. The molecule has 1 aromatic carbocycles. The second-order valence-corrected chi connectivity index (χ2v) is 8.57. The fourth-order valence-electron chi connectivity index (χ4n) is 4.13. The lowest BCUT2D eigenvalue weighted by Crippen LogP contribution is -2.50. The van der Waals surface area contributed by atoms with Gasteiger partial charge in [-0.1, -0.05) is 30.3 Å². The highest BCUT2D eigenvalue weighted by molar-refractivity contribution is 5.95. The van der Waals surface area contributed by atoms with E-state index in [-0.39, 0.29) is 17.5 Å². The smallest absolute Gasteiger partial charge is 0.263 e. The van der Waals surface area contributed by atoms with Crippen molar-refractivity contribution < 1.29 is 4.79 Å². The molecule has 2 heterocycles. The maximum Gasteiger partial charge on any atom is 0.263 e. The van der Waals surface area contributed by atoms with Crippen LogP contribution in [0.1, 0.15) is 34.5 Å². The molecular weight excluding hydrogens is 376 g/mol. The number of benzene rings is 1. The Morgan fingerprint density at radius 3 is 2.37 bits per heavy atom. The first-order valence-corrected chi connectivity index (χ1v) is 10.8. The lowest BCUT2D eigenvalue weighted by atomic mass is 10.1. The number of rotatable bonds is 7. The third-order valence-corrected chi connectivity index (χ3v) is 5.86. The number of aromatic nitrogens is 1. The summed E-state index contributed by atoms with van der Waals surface area (Å²) in [6.45, 7) is 8.61. The van der Waals surface area contributed by atoms with Crippen molar-refractivity contribution in [2.24, 2.45) is 0 Å². The number of amides is 1. The summed E-state index contributed by atoms with van der Waals surface area (Å²) >= 11 is 0. The van der Waals surface area contributed by atoms with Gasteiger partial charge in [0.25, 0.3) is 11.5 Å². The Kier molecular flexibility index (Phi) is 7.45.